The number of aromatic nitrogens is 3. The van der Waals surface area contributed by atoms with Crippen molar-refractivity contribution in [2.45, 2.75) is 13.5 Å². The average Bonchev–Trinajstić information content (AvgIpc) is 2.87. The number of carbonyl (C=O) groups is 1. The minimum atomic E-state index is -0.324. The summed E-state index contributed by atoms with van der Waals surface area (Å²) in [6, 6.07) is 13.3. The van der Waals surface area contributed by atoms with Gasteiger partial charge in [0.05, 0.1) is 23.1 Å². The van der Waals surface area contributed by atoms with Crippen molar-refractivity contribution < 1.29 is 9.53 Å². The van der Waals surface area contributed by atoms with E-state index in [0.717, 1.165) is 5.56 Å². The maximum Gasteiger partial charge on any atom is 0.260 e. The van der Waals surface area contributed by atoms with Crippen LogP contribution in [-0.4, -0.2) is 20.7 Å². The van der Waals surface area contributed by atoms with E-state index in [1.54, 1.807) is 26.1 Å². The van der Waals surface area contributed by atoms with Crippen molar-refractivity contribution in [1.82, 2.24) is 14.8 Å². The summed E-state index contributed by atoms with van der Waals surface area (Å²) in [4.78, 5) is 16.6. The molecule has 0 aliphatic carbocycles. The lowest BCUT2D eigenvalue weighted by Gasteiger charge is -2.07. The molecule has 3 rings (SSSR count). The fraction of sp³-hybridized carbons (Fsp3) is 0.167. The second-order valence-electron chi connectivity index (χ2n) is 5.49. The number of hydrogen-bond donors (Lipinski definition) is 1. The highest BCUT2D eigenvalue weighted by atomic mass is 35.5. The van der Waals surface area contributed by atoms with E-state index in [2.05, 4.69) is 15.4 Å². The quantitative estimate of drug-likeness (QED) is 0.758. The normalized spacial score (nSPS) is 10.5. The molecule has 0 radical (unpaired) electrons. The average molecular weight is 357 g/mol. The van der Waals surface area contributed by atoms with Crippen LogP contribution in [0.25, 0.3) is 0 Å². The predicted molar refractivity (Wildman–Crippen MR) is 95.9 cm³/mol. The van der Waals surface area contributed by atoms with E-state index in [4.69, 9.17) is 16.3 Å². The summed E-state index contributed by atoms with van der Waals surface area (Å²) >= 11 is 6.10. The van der Waals surface area contributed by atoms with Crippen molar-refractivity contribution in [3.63, 3.8) is 0 Å². The van der Waals surface area contributed by atoms with Gasteiger partial charge in [-0.15, -0.1) is 0 Å². The first kappa shape index (κ1) is 17.0. The minimum absolute atomic E-state index is 0.297. The highest BCUT2D eigenvalue weighted by Gasteiger charge is 2.19. The number of aryl methyl sites for hydroxylation is 2. The highest BCUT2D eigenvalue weighted by molar-refractivity contribution is 6.33. The number of rotatable bonds is 5. The Bertz CT molecular complexity index is 876. The molecule has 0 spiro atoms. The summed E-state index contributed by atoms with van der Waals surface area (Å²) in [6.45, 7) is 2.17. The molecule has 3 aromatic rings. The molecule has 1 amide bonds. The third kappa shape index (κ3) is 3.97. The Morgan fingerprint density at radius 1 is 1.24 bits per heavy atom. The van der Waals surface area contributed by atoms with Crippen LogP contribution in [0.3, 0.4) is 0 Å². The maximum absolute atomic E-state index is 12.4. The molecule has 0 atom stereocenters. The molecule has 128 valence electrons. The third-order valence-corrected chi connectivity index (χ3v) is 4.04. The molecule has 0 bridgehead atoms. The van der Waals surface area contributed by atoms with Gasteiger partial charge < -0.3 is 10.1 Å². The Kier molecular flexibility index (Phi) is 5.00. The molecule has 2 heterocycles. The zero-order valence-electron chi connectivity index (χ0n) is 13.9. The van der Waals surface area contributed by atoms with Crippen molar-refractivity contribution in [3.8, 4) is 5.88 Å². The zero-order chi connectivity index (χ0) is 17.8. The summed E-state index contributed by atoms with van der Waals surface area (Å²) < 4.78 is 7.08. The van der Waals surface area contributed by atoms with Gasteiger partial charge in [-0.2, -0.15) is 5.10 Å². The third-order valence-electron chi connectivity index (χ3n) is 3.60. The van der Waals surface area contributed by atoms with Crippen LogP contribution in [0, 0.1) is 6.92 Å². The first-order valence-electron chi connectivity index (χ1n) is 7.68. The number of amides is 1. The van der Waals surface area contributed by atoms with Gasteiger partial charge in [-0.25, -0.2) is 4.98 Å². The minimum Gasteiger partial charge on any atom is -0.473 e. The molecule has 0 aliphatic heterocycles. The second kappa shape index (κ2) is 7.36. The van der Waals surface area contributed by atoms with Crippen LogP contribution in [0.15, 0.2) is 48.7 Å². The molecule has 1 N–H and O–H groups in total. The molecule has 25 heavy (non-hydrogen) atoms. The molecule has 2 aromatic heterocycles. The lowest BCUT2D eigenvalue weighted by Crippen LogP contribution is -2.13. The first-order valence-corrected chi connectivity index (χ1v) is 8.05. The fourth-order valence-electron chi connectivity index (χ4n) is 2.35. The van der Waals surface area contributed by atoms with Gasteiger partial charge in [0.15, 0.2) is 0 Å². The van der Waals surface area contributed by atoms with Crippen LogP contribution in [0.4, 0.5) is 5.69 Å². The van der Waals surface area contributed by atoms with E-state index in [0.29, 0.717) is 34.6 Å². The largest absolute Gasteiger partial charge is 0.473 e. The smallest absolute Gasteiger partial charge is 0.260 e. The summed E-state index contributed by atoms with van der Waals surface area (Å²) in [5.41, 5.74) is 2.54. The van der Waals surface area contributed by atoms with Crippen LogP contribution in [-0.2, 0) is 13.7 Å². The summed E-state index contributed by atoms with van der Waals surface area (Å²) in [6.07, 6.45) is 1.54. The van der Waals surface area contributed by atoms with E-state index in [-0.39, 0.29) is 5.91 Å². The monoisotopic (exact) mass is 356 g/mol. The summed E-state index contributed by atoms with van der Waals surface area (Å²) in [5, 5.41) is 7.19. The van der Waals surface area contributed by atoms with Crippen LogP contribution >= 0.6 is 11.6 Å². The number of carbonyl (C=O) groups excluding carboxylic acids is 1. The number of benzene rings is 1. The van der Waals surface area contributed by atoms with Crippen LogP contribution in [0.1, 0.15) is 21.6 Å². The van der Waals surface area contributed by atoms with Crippen molar-refractivity contribution in [2.24, 2.45) is 7.05 Å². The van der Waals surface area contributed by atoms with E-state index in [1.165, 1.54) is 10.9 Å². The Morgan fingerprint density at radius 2 is 2.00 bits per heavy atom. The van der Waals surface area contributed by atoms with E-state index < -0.39 is 0 Å². The standard InChI is InChI=1S/C18H17ClN4O2/c1-12-16(17(19)23(2)22-12)18(24)21-14-8-9-15(20-10-14)25-11-13-6-4-3-5-7-13/h3-10H,11H2,1-2H3,(H,21,24). The molecule has 0 aliphatic rings. The maximum atomic E-state index is 12.4. The molecule has 6 nitrogen and oxygen atoms in total. The first-order chi connectivity index (χ1) is 12.0. The number of nitrogens with one attached hydrogen (secondary N) is 1. The van der Waals surface area contributed by atoms with Gasteiger partial charge in [-0.1, -0.05) is 41.9 Å². The van der Waals surface area contributed by atoms with Gasteiger partial charge in [0, 0.05) is 13.1 Å². The molecule has 0 saturated carbocycles. The van der Waals surface area contributed by atoms with Crippen molar-refractivity contribution >= 4 is 23.2 Å². The summed E-state index contributed by atoms with van der Waals surface area (Å²) in [7, 11) is 1.69. The number of nitrogens with zero attached hydrogens (tertiary/aromatic N) is 3. The SMILES string of the molecule is Cc1nn(C)c(Cl)c1C(=O)Nc1ccc(OCc2ccccc2)nc1. The van der Waals surface area contributed by atoms with E-state index in [9.17, 15) is 4.79 Å². The van der Waals surface area contributed by atoms with Crippen molar-refractivity contribution in [1.29, 1.82) is 0 Å². The van der Waals surface area contributed by atoms with Gasteiger partial charge in [-0.3, -0.25) is 9.48 Å². The number of pyridine rings is 1. The van der Waals surface area contributed by atoms with Crippen molar-refractivity contribution in [3.05, 3.63) is 70.6 Å². The lowest BCUT2D eigenvalue weighted by molar-refractivity contribution is 0.102. The van der Waals surface area contributed by atoms with E-state index >= 15 is 0 Å². The fourth-order valence-corrected chi connectivity index (χ4v) is 2.61. The zero-order valence-corrected chi connectivity index (χ0v) is 14.6. The molecule has 0 fully saturated rings. The molecule has 1 aromatic carbocycles. The molecule has 7 heteroatoms. The Morgan fingerprint density at radius 3 is 2.60 bits per heavy atom. The molecular weight excluding hydrogens is 340 g/mol. The van der Waals surface area contributed by atoms with Crippen molar-refractivity contribution in [2.75, 3.05) is 5.32 Å². The van der Waals surface area contributed by atoms with Gasteiger partial charge >= 0.3 is 0 Å². The van der Waals surface area contributed by atoms with Gasteiger partial charge in [0.25, 0.3) is 5.91 Å². The number of halogens is 1. The molecular formula is C18H17ClN4O2. The topological polar surface area (TPSA) is 69.0 Å². The summed E-state index contributed by atoms with van der Waals surface area (Å²) in [5.74, 6) is 0.160. The Labute approximate surface area is 150 Å². The van der Waals surface area contributed by atoms with Gasteiger partial charge in [-0.05, 0) is 18.6 Å². The predicted octanol–water partition coefficient (Wildman–Crippen LogP) is 3.61. The highest BCUT2D eigenvalue weighted by Crippen LogP contribution is 2.21. The van der Waals surface area contributed by atoms with Gasteiger partial charge in [0.2, 0.25) is 5.88 Å². The number of ether oxygens (including phenoxy) is 1. The molecule has 0 unspecified atom stereocenters. The number of anilines is 1. The number of hydrogen-bond acceptors (Lipinski definition) is 4. The second-order valence-corrected chi connectivity index (χ2v) is 5.85. The van der Waals surface area contributed by atoms with Crippen LogP contribution in [0.5, 0.6) is 5.88 Å². The molecule has 0 saturated heterocycles. The lowest BCUT2D eigenvalue weighted by atomic mass is 10.2. The van der Waals surface area contributed by atoms with Crippen LogP contribution in [0.2, 0.25) is 5.15 Å². The van der Waals surface area contributed by atoms with Crippen LogP contribution < -0.4 is 10.1 Å². The van der Waals surface area contributed by atoms with E-state index in [1.807, 2.05) is 30.3 Å². The van der Waals surface area contributed by atoms with Gasteiger partial charge in [0.1, 0.15) is 11.8 Å². The Balaban J connectivity index is 1.63. The Hall–Kier alpha value is -2.86.